The van der Waals surface area contributed by atoms with Crippen molar-refractivity contribution in [3.63, 3.8) is 0 Å². The molecule has 2 fully saturated rings. The molecule has 0 aliphatic carbocycles. The van der Waals surface area contributed by atoms with Crippen molar-refractivity contribution >= 4 is 5.82 Å². The van der Waals surface area contributed by atoms with Crippen LogP contribution in [0.3, 0.4) is 0 Å². The zero-order valence-electron chi connectivity index (χ0n) is 19.4. The molecule has 0 amide bonds. The fourth-order valence-corrected chi connectivity index (χ4v) is 3.98. The van der Waals surface area contributed by atoms with Crippen LogP contribution < -0.4 is 34.1 Å². The summed E-state index contributed by atoms with van der Waals surface area (Å²) in [5.41, 5.74) is 7.95. The number of aliphatic hydroxyl groups excluding tert-OH is 4. The van der Waals surface area contributed by atoms with E-state index in [9.17, 15) is 34.8 Å². The molecule has 2 saturated heterocycles. The average molecular weight is 531 g/mol. The van der Waals surface area contributed by atoms with Gasteiger partial charge in [-0.2, -0.15) is 4.98 Å². The molecule has 0 unspecified atom stereocenters. The van der Waals surface area contributed by atoms with Crippen LogP contribution in [0.15, 0.2) is 38.9 Å². The van der Waals surface area contributed by atoms with Gasteiger partial charge in [0.1, 0.15) is 30.2 Å². The van der Waals surface area contributed by atoms with Gasteiger partial charge in [0.2, 0.25) is 0 Å². The van der Waals surface area contributed by atoms with E-state index in [-0.39, 0.29) is 5.82 Å². The van der Waals surface area contributed by atoms with E-state index in [4.69, 9.17) is 36.9 Å². The number of nitrogens with zero attached hydrogens (tertiary/aromatic N) is 3. The topological polar surface area (TPSA) is 308 Å². The lowest BCUT2D eigenvalue weighted by Crippen LogP contribution is -2.64. The number of nitrogens with two attached hydrogens (primary N) is 3. The maximum absolute atomic E-state index is 11.8. The molecule has 13 N–H and O–H groups in total. The van der Waals surface area contributed by atoms with Gasteiger partial charge >= 0.3 is 11.4 Å². The van der Waals surface area contributed by atoms with Crippen LogP contribution in [-0.2, 0) is 15.2 Å². The first-order chi connectivity index (χ1) is 17.1. The molecule has 2 aromatic heterocycles. The summed E-state index contributed by atoms with van der Waals surface area (Å²) in [5.74, 6) is 0.00247. The third-order valence-electron chi connectivity index (χ3n) is 6.20. The maximum Gasteiger partial charge on any atom is 0.351 e. The zero-order valence-corrected chi connectivity index (χ0v) is 19.4. The van der Waals surface area contributed by atoms with Gasteiger partial charge < -0.3 is 45.8 Å². The summed E-state index contributed by atoms with van der Waals surface area (Å²) in [6.07, 6.45) is -4.45. The van der Waals surface area contributed by atoms with E-state index in [2.05, 4.69) is 4.98 Å². The minimum atomic E-state index is -2.28. The first-order valence-corrected chi connectivity index (χ1v) is 10.7. The summed E-state index contributed by atoms with van der Waals surface area (Å²) in [4.78, 5) is 39.7. The van der Waals surface area contributed by atoms with Crippen LogP contribution in [0.1, 0.15) is 13.2 Å². The number of nitrogens with one attached hydrogen (secondary N) is 1. The highest BCUT2D eigenvalue weighted by Gasteiger charge is 2.62. The predicted molar refractivity (Wildman–Crippen MR) is 121 cm³/mol. The van der Waals surface area contributed by atoms with Gasteiger partial charge in [-0.05, 0) is 13.0 Å². The number of hydrogen-bond donors (Lipinski definition) is 10. The largest absolute Gasteiger partial charge is 0.394 e. The van der Waals surface area contributed by atoms with Crippen LogP contribution in [0, 0.1) is 0 Å². The predicted octanol–water partition coefficient (Wildman–Crippen LogP) is -6.67. The second-order valence-electron chi connectivity index (χ2n) is 8.66. The third kappa shape index (κ3) is 4.82. The lowest BCUT2D eigenvalue weighted by atomic mass is 9.96. The Morgan fingerprint density at radius 1 is 1.05 bits per heavy atom. The van der Waals surface area contributed by atoms with Crippen molar-refractivity contribution in [1.82, 2.24) is 19.1 Å². The second-order valence-corrected chi connectivity index (χ2v) is 8.66. The van der Waals surface area contributed by atoms with Gasteiger partial charge in [-0.25, -0.2) is 9.59 Å². The molecular weight excluding hydrogens is 502 g/mol. The van der Waals surface area contributed by atoms with Crippen molar-refractivity contribution in [2.45, 2.75) is 54.7 Å². The number of hydrogen-bond acceptors (Lipinski definition) is 15. The SMILES string of the molecule is C[C@@]1(n2ccc(N)nc2=O)O[C@H](CO)[C@@H](O)[C@@]1(N)O.N[C@@]1(O)[C@H](O)[C@@H](CO)O[C@H]1n1ccc(=O)[nH]c1=O. The number of H-pyrrole nitrogens is 1. The van der Waals surface area contributed by atoms with Crippen molar-refractivity contribution in [2.75, 3.05) is 18.9 Å². The first-order valence-electron chi connectivity index (χ1n) is 10.7. The summed E-state index contributed by atoms with van der Waals surface area (Å²) in [7, 11) is 0. The molecule has 18 nitrogen and oxygen atoms in total. The Bertz CT molecular complexity index is 1290. The Hall–Kier alpha value is -3.04. The Labute approximate surface area is 206 Å². The molecule has 8 atom stereocenters. The lowest BCUT2D eigenvalue weighted by Gasteiger charge is -2.36. The Kier molecular flexibility index (Phi) is 7.73. The van der Waals surface area contributed by atoms with Gasteiger partial charge in [0, 0.05) is 18.5 Å². The van der Waals surface area contributed by atoms with E-state index in [0.717, 1.165) is 21.4 Å². The zero-order chi connectivity index (χ0) is 27.9. The molecule has 0 aromatic carbocycles. The molecular formula is C19H29N7O11. The highest BCUT2D eigenvalue weighted by atomic mass is 16.6. The molecule has 206 valence electrons. The number of nitrogen functional groups attached to an aromatic ring is 1. The van der Waals surface area contributed by atoms with Gasteiger partial charge in [0.25, 0.3) is 5.56 Å². The highest BCUT2D eigenvalue weighted by molar-refractivity contribution is 5.24. The van der Waals surface area contributed by atoms with Crippen molar-refractivity contribution in [3.05, 3.63) is 55.8 Å². The first kappa shape index (κ1) is 28.5. The highest BCUT2D eigenvalue weighted by Crippen LogP contribution is 2.39. The maximum atomic E-state index is 11.8. The van der Waals surface area contributed by atoms with Gasteiger partial charge in [-0.15, -0.1) is 0 Å². The summed E-state index contributed by atoms with van der Waals surface area (Å²) in [6, 6.07) is 2.37. The number of aromatic nitrogens is 4. The standard InChI is InChI=1S/C10H16N4O5.C9H13N3O6/c1-9(14-3-2-6(11)13-8(14)17)10(12,18)7(16)5(4-15)19-9;10-9(17)6(15)4(3-13)18-7(9)12-2-1-5(14)11-8(12)16/h2-3,5,7,15-16,18H,4,12H2,1H3,(H2,11,13,17);1-2,4,6-7,13,15,17H,3,10H2,(H,11,14,16)/t5-,7-,9-,10-;4-,6-,7-,9-/m11/s1. The molecule has 18 heteroatoms. The molecule has 0 saturated carbocycles. The molecule has 2 aliphatic rings. The molecule has 0 radical (unpaired) electrons. The minimum Gasteiger partial charge on any atom is -0.394 e. The Morgan fingerprint density at radius 2 is 1.68 bits per heavy atom. The van der Waals surface area contributed by atoms with E-state index in [1.165, 1.54) is 19.2 Å². The third-order valence-corrected chi connectivity index (χ3v) is 6.20. The van der Waals surface area contributed by atoms with Gasteiger partial charge in [-0.1, -0.05) is 0 Å². The van der Waals surface area contributed by atoms with Gasteiger partial charge in [0.15, 0.2) is 23.4 Å². The lowest BCUT2D eigenvalue weighted by molar-refractivity contribution is -0.184. The number of ether oxygens (including phenoxy) is 2. The average Bonchev–Trinajstić information content (AvgIpc) is 3.15. The van der Waals surface area contributed by atoms with Crippen LogP contribution in [0.5, 0.6) is 0 Å². The molecule has 0 spiro atoms. The number of anilines is 1. The minimum absolute atomic E-state index is 0.00247. The van der Waals surface area contributed by atoms with E-state index < -0.39 is 78.0 Å². The van der Waals surface area contributed by atoms with Crippen molar-refractivity contribution in [1.29, 1.82) is 0 Å². The monoisotopic (exact) mass is 531 g/mol. The fourth-order valence-electron chi connectivity index (χ4n) is 3.98. The van der Waals surface area contributed by atoms with E-state index in [1.54, 1.807) is 0 Å². The van der Waals surface area contributed by atoms with E-state index in [0.29, 0.717) is 0 Å². The number of rotatable bonds is 4. The Balaban J connectivity index is 0.000000206. The quantitative estimate of drug-likeness (QED) is 0.164. The molecule has 2 aliphatic heterocycles. The van der Waals surface area contributed by atoms with Crippen LogP contribution in [0.4, 0.5) is 5.82 Å². The van der Waals surface area contributed by atoms with Crippen molar-refractivity contribution in [2.24, 2.45) is 11.5 Å². The van der Waals surface area contributed by atoms with Gasteiger partial charge in [0.05, 0.1) is 13.2 Å². The molecule has 4 heterocycles. The summed E-state index contributed by atoms with van der Waals surface area (Å²) in [6.45, 7) is 0.174. The van der Waals surface area contributed by atoms with E-state index in [1.807, 2.05) is 4.98 Å². The normalized spacial score (nSPS) is 37.3. The van der Waals surface area contributed by atoms with Crippen molar-refractivity contribution in [3.8, 4) is 0 Å². The Morgan fingerprint density at radius 3 is 2.16 bits per heavy atom. The smallest absolute Gasteiger partial charge is 0.351 e. The fraction of sp³-hybridized carbons (Fsp3) is 0.579. The molecule has 2 aromatic rings. The van der Waals surface area contributed by atoms with Crippen LogP contribution in [0.25, 0.3) is 0 Å². The van der Waals surface area contributed by atoms with Crippen LogP contribution in [-0.4, -0.2) is 98.8 Å². The summed E-state index contributed by atoms with van der Waals surface area (Å²) < 4.78 is 12.2. The van der Waals surface area contributed by atoms with Crippen LogP contribution >= 0.6 is 0 Å². The number of aliphatic hydroxyl groups is 6. The summed E-state index contributed by atoms with van der Waals surface area (Å²) >= 11 is 0. The molecule has 4 rings (SSSR count). The number of aromatic amines is 1. The molecule has 0 bridgehead atoms. The van der Waals surface area contributed by atoms with E-state index >= 15 is 0 Å². The van der Waals surface area contributed by atoms with Crippen molar-refractivity contribution < 1.29 is 40.1 Å². The van der Waals surface area contributed by atoms with Gasteiger partial charge in [-0.3, -0.25) is 30.4 Å². The van der Waals surface area contributed by atoms with Crippen LogP contribution in [0.2, 0.25) is 0 Å². The molecule has 37 heavy (non-hydrogen) atoms. The summed E-state index contributed by atoms with van der Waals surface area (Å²) in [5, 5.41) is 57.6. The second kappa shape index (κ2) is 10.0.